The molecule has 0 unspecified atom stereocenters. The fraction of sp³-hybridized carbons (Fsp3) is 0.435. The Hall–Kier alpha value is -2.49. The molecule has 0 spiro atoms. The molecule has 2 aromatic rings. The second-order valence-corrected chi connectivity index (χ2v) is 7.36. The summed E-state index contributed by atoms with van der Waals surface area (Å²) < 4.78 is 5.74. The molecule has 0 aromatic heterocycles. The third-order valence-electron chi connectivity index (χ3n) is 5.34. The normalized spacial score (nSPS) is 14.3. The molecule has 4 heteroatoms. The van der Waals surface area contributed by atoms with Gasteiger partial charge in [0.1, 0.15) is 5.75 Å². The number of hydrogen-bond acceptors (Lipinski definition) is 3. The summed E-state index contributed by atoms with van der Waals surface area (Å²) in [6.07, 6.45) is 1.30. The molecule has 0 atom stereocenters. The summed E-state index contributed by atoms with van der Waals surface area (Å²) in [5, 5.41) is 0. The van der Waals surface area contributed by atoms with Gasteiger partial charge in [-0.2, -0.15) is 0 Å². The first kappa shape index (κ1) is 19.3. The topological polar surface area (TPSA) is 32.8 Å². The van der Waals surface area contributed by atoms with Gasteiger partial charge in [0.25, 0.3) is 0 Å². The lowest BCUT2D eigenvalue weighted by Gasteiger charge is -2.37. The van der Waals surface area contributed by atoms with Crippen LogP contribution < -0.4 is 9.64 Å². The Bertz CT molecular complexity index is 780. The van der Waals surface area contributed by atoms with E-state index in [1.165, 1.54) is 22.4 Å². The number of benzene rings is 2. The summed E-state index contributed by atoms with van der Waals surface area (Å²) >= 11 is 0. The molecule has 3 rings (SSSR count). The molecule has 144 valence electrons. The third-order valence-corrected chi connectivity index (χ3v) is 5.34. The van der Waals surface area contributed by atoms with E-state index in [2.05, 4.69) is 36.9 Å². The predicted molar refractivity (Wildman–Crippen MR) is 111 cm³/mol. The number of anilines is 1. The minimum Gasteiger partial charge on any atom is -0.494 e. The fourth-order valence-electron chi connectivity index (χ4n) is 3.55. The maximum atomic E-state index is 12.5. The number of carbonyl (C=O) groups excluding carboxylic acids is 1. The van der Waals surface area contributed by atoms with Crippen molar-refractivity contribution < 1.29 is 9.53 Å². The Morgan fingerprint density at radius 1 is 1.00 bits per heavy atom. The minimum absolute atomic E-state index is 0.239. The van der Waals surface area contributed by atoms with Gasteiger partial charge in [-0.1, -0.05) is 24.3 Å². The Kier molecular flexibility index (Phi) is 6.38. The number of amides is 1. The molecule has 1 heterocycles. The van der Waals surface area contributed by atoms with Crippen LogP contribution in [-0.4, -0.2) is 43.6 Å². The van der Waals surface area contributed by atoms with Crippen molar-refractivity contribution in [1.82, 2.24) is 4.90 Å². The van der Waals surface area contributed by atoms with Crippen LogP contribution in [0.15, 0.2) is 42.5 Å². The Morgan fingerprint density at radius 3 is 2.48 bits per heavy atom. The maximum Gasteiger partial charge on any atom is 0.222 e. The number of hydrogen-bond donors (Lipinski definition) is 0. The quantitative estimate of drug-likeness (QED) is 0.721. The van der Waals surface area contributed by atoms with Gasteiger partial charge in [0.15, 0.2) is 0 Å². The Labute approximate surface area is 162 Å². The smallest absolute Gasteiger partial charge is 0.222 e. The summed E-state index contributed by atoms with van der Waals surface area (Å²) in [6.45, 7) is 10.3. The highest BCUT2D eigenvalue weighted by Gasteiger charge is 2.21. The molecule has 0 aliphatic carbocycles. The molecule has 1 saturated heterocycles. The lowest BCUT2D eigenvalue weighted by Crippen LogP contribution is -2.49. The van der Waals surface area contributed by atoms with Gasteiger partial charge in [-0.3, -0.25) is 4.79 Å². The van der Waals surface area contributed by atoms with E-state index in [-0.39, 0.29) is 5.91 Å². The van der Waals surface area contributed by atoms with Crippen LogP contribution in [0.4, 0.5) is 5.69 Å². The highest BCUT2D eigenvalue weighted by atomic mass is 16.5. The van der Waals surface area contributed by atoms with E-state index in [4.69, 9.17) is 4.74 Å². The van der Waals surface area contributed by atoms with Gasteiger partial charge in [-0.25, -0.2) is 0 Å². The Balaban J connectivity index is 1.41. The van der Waals surface area contributed by atoms with Crippen molar-refractivity contribution in [3.63, 3.8) is 0 Å². The van der Waals surface area contributed by atoms with Gasteiger partial charge < -0.3 is 14.5 Å². The van der Waals surface area contributed by atoms with E-state index < -0.39 is 0 Å². The lowest BCUT2D eigenvalue weighted by molar-refractivity contribution is -0.131. The number of ether oxygens (including phenoxy) is 1. The van der Waals surface area contributed by atoms with Gasteiger partial charge in [-0.05, 0) is 62.1 Å². The van der Waals surface area contributed by atoms with E-state index in [0.717, 1.165) is 38.3 Å². The second kappa shape index (κ2) is 8.94. The molecule has 0 bridgehead atoms. The van der Waals surface area contributed by atoms with Crippen molar-refractivity contribution in [2.45, 2.75) is 33.6 Å². The molecule has 0 radical (unpaired) electrons. The minimum atomic E-state index is 0.239. The zero-order valence-corrected chi connectivity index (χ0v) is 16.7. The number of aryl methyl sites for hydroxylation is 2. The van der Waals surface area contributed by atoms with Gasteiger partial charge in [-0.15, -0.1) is 0 Å². The maximum absolute atomic E-state index is 12.5. The van der Waals surface area contributed by atoms with Crippen LogP contribution in [0, 0.1) is 20.8 Å². The molecule has 0 N–H and O–H groups in total. The number of carbonyl (C=O) groups is 1. The summed E-state index contributed by atoms with van der Waals surface area (Å²) in [7, 11) is 0. The van der Waals surface area contributed by atoms with Crippen molar-refractivity contribution in [3.05, 3.63) is 59.2 Å². The molecule has 1 aliphatic heterocycles. The van der Waals surface area contributed by atoms with Crippen LogP contribution in [0.5, 0.6) is 5.75 Å². The zero-order valence-electron chi connectivity index (χ0n) is 16.7. The predicted octanol–water partition coefficient (Wildman–Crippen LogP) is 4.12. The van der Waals surface area contributed by atoms with Crippen LogP contribution in [-0.2, 0) is 4.79 Å². The number of piperazine rings is 1. The summed E-state index contributed by atoms with van der Waals surface area (Å²) in [4.78, 5) is 16.9. The standard InChI is InChI=1S/C23H30N2O2/c1-18-7-4-9-21(17-18)27-16-6-11-23(26)25-14-12-24(13-15-25)22-10-5-8-19(2)20(22)3/h4-5,7-10,17H,6,11-16H2,1-3H3. The molecule has 0 saturated carbocycles. The van der Waals surface area contributed by atoms with Gasteiger partial charge in [0.2, 0.25) is 5.91 Å². The van der Waals surface area contributed by atoms with E-state index in [1.54, 1.807) is 0 Å². The van der Waals surface area contributed by atoms with E-state index >= 15 is 0 Å². The molecule has 2 aromatic carbocycles. The van der Waals surface area contributed by atoms with Crippen molar-refractivity contribution >= 4 is 11.6 Å². The number of rotatable bonds is 6. The second-order valence-electron chi connectivity index (χ2n) is 7.36. The zero-order chi connectivity index (χ0) is 19.2. The van der Waals surface area contributed by atoms with Crippen molar-refractivity contribution in [2.75, 3.05) is 37.7 Å². The van der Waals surface area contributed by atoms with Crippen LogP contribution in [0.2, 0.25) is 0 Å². The third kappa shape index (κ3) is 5.03. The molecule has 1 fully saturated rings. The molecular weight excluding hydrogens is 336 g/mol. The van der Waals surface area contributed by atoms with E-state index in [1.807, 2.05) is 36.1 Å². The highest BCUT2D eigenvalue weighted by Crippen LogP contribution is 2.24. The molecule has 27 heavy (non-hydrogen) atoms. The van der Waals surface area contributed by atoms with Crippen molar-refractivity contribution in [1.29, 1.82) is 0 Å². The summed E-state index contributed by atoms with van der Waals surface area (Å²) in [6, 6.07) is 14.5. The Morgan fingerprint density at radius 2 is 1.74 bits per heavy atom. The van der Waals surface area contributed by atoms with Gasteiger partial charge in [0.05, 0.1) is 6.61 Å². The van der Waals surface area contributed by atoms with Crippen LogP contribution in [0.25, 0.3) is 0 Å². The molecular formula is C23H30N2O2. The average molecular weight is 367 g/mol. The van der Waals surface area contributed by atoms with Crippen LogP contribution in [0.1, 0.15) is 29.5 Å². The van der Waals surface area contributed by atoms with E-state index in [9.17, 15) is 4.79 Å². The highest BCUT2D eigenvalue weighted by molar-refractivity contribution is 5.76. The van der Waals surface area contributed by atoms with Crippen molar-refractivity contribution in [3.8, 4) is 5.75 Å². The molecule has 1 amide bonds. The molecule has 1 aliphatic rings. The van der Waals surface area contributed by atoms with Crippen LogP contribution >= 0.6 is 0 Å². The largest absolute Gasteiger partial charge is 0.494 e. The molecule has 4 nitrogen and oxygen atoms in total. The first-order valence-electron chi connectivity index (χ1n) is 9.83. The fourth-order valence-corrected chi connectivity index (χ4v) is 3.55. The first-order chi connectivity index (χ1) is 13.0. The summed E-state index contributed by atoms with van der Waals surface area (Å²) in [5.41, 5.74) is 5.14. The monoisotopic (exact) mass is 366 g/mol. The van der Waals surface area contributed by atoms with Gasteiger partial charge in [0, 0.05) is 38.3 Å². The SMILES string of the molecule is Cc1cccc(OCCCC(=O)N2CCN(c3cccc(C)c3C)CC2)c1. The first-order valence-corrected chi connectivity index (χ1v) is 9.83. The number of nitrogens with zero attached hydrogens (tertiary/aromatic N) is 2. The average Bonchev–Trinajstić information content (AvgIpc) is 2.67. The van der Waals surface area contributed by atoms with Crippen LogP contribution in [0.3, 0.4) is 0 Å². The summed E-state index contributed by atoms with van der Waals surface area (Å²) in [5.74, 6) is 1.12. The van der Waals surface area contributed by atoms with E-state index in [0.29, 0.717) is 13.0 Å². The van der Waals surface area contributed by atoms with Gasteiger partial charge >= 0.3 is 0 Å². The van der Waals surface area contributed by atoms with Crippen molar-refractivity contribution in [2.24, 2.45) is 0 Å². The lowest BCUT2D eigenvalue weighted by atomic mass is 10.1.